The van der Waals surface area contributed by atoms with E-state index in [-0.39, 0.29) is 5.60 Å². The first-order valence-electron chi connectivity index (χ1n) is 6.82. The van der Waals surface area contributed by atoms with E-state index < -0.39 is 0 Å². The molecule has 2 aliphatic rings. The lowest BCUT2D eigenvalue weighted by atomic mass is 9.79. The van der Waals surface area contributed by atoms with Crippen molar-refractivity contribution in [3.05, 3.63) is 11.9 Å². The number of fused-ring (bicyclic) bond motifs is 1. The lowest BCUT2D eigenvalue weighted by Gasteiger charge is -2.48. The van der Waals surface area contributed by atoms with Crippen molar-refractivity contribution in [3.8, 4) is 0 Å². The predicted octanol–water partition coefficient (Wildman–Crippen LogP) is 1.42. The number of aromatic amines is 1. The highest BCUT2D eigenvalue weighted by atomic mass is 16.5. The Morgan fingerprint density at radius 3 is 3.11 bits per heavy atom. The maximum Gasteiger partial charge on any atom is 0.226 e. The molecule has 0 unspecified atom stereocenters. The molecule has 1 spiro atoms. The Morgan fingerprint density at radius 2 is 2.32 bits per heavy atom. The van der Waals surface area contributed by atoms with Gasteiger partial charge in [0.15, 0.2) is 0 Å². The summed E-state index contributed by atoms with van der Waals surface area (Å²) < 4.78 is 5.93. The van der Waals surface area contributed by atoms with Gasteiger partial charge in [-0.05, 0) is 26.2 Å². The average molecular weight is 259 g/mol. The Kier molecular flexibility index (Phi) is 2.29. The Bertz CT molecular complexity index is 619. The number of nitrogens with one attached hydrogen (secondary N) is 1. The number of H-pyrrole nitrogens is 1. The van der Waals surface area contributed by atoms with Gasteiger partial charge >= 0.3 is 0 Å². The summed E-state index contributed by atoms with van der Waals surface area (Å²) in [5.41, 5.74) is 2.81. The molecule has 0 atom stereocenters. The van der Waals surface area contributed by atoms with Crippen molar-refractivity contribution in [2.24, 2.45) is 0 Å². The van der Waals surface area contributed by atoms with E-state index in [1.165, 1.54) is 6.42 Å². The quantitative estimate of drug-likeness (QED) is 0.839. The molecule has 0 radical (unpaired) electrons. The molecule has 2 aromatic heterocycles. The summed E-state index contributed by atoms with van der Waals surface area (Å²) in [5, 5.41) is 7.11. The van der Waals surface area contributed by atoms with Crippen molar-refractivity contribution in [1.82, 2.24) is 20.2 Å². The van der Waals surface area contributed by atoms with Gasteiger partial charge in [-0.3, -0.25) is 5.10 Å². The molecular weight excluding hydrogens is 242 g/mol. The smallest absolute Gasteiger partial charge is 0.226 e. The second kappa shape index (κ2) is 3.90. The summed E-state index contributed by atoms with van der Waals surface area (Å²) in [4.78, 5) is 11.3. The lowest BCUT2D eigenvalue weighted by Crippen LogP contribution is -2.56. The minimum Gasteiger partial charge on any atom is -0.371 e. The number of hydrogen-bond donors (Lipinski definition) is 1. The second-order valence-corrected chi connectivity index (χ2v) is 5.55. The molecule has 2 fully saturated rings. The highest BCUT2D eigenvalue weighted by Crippen LogP contribution is 2.38. The van der Waals surface area contributed by atoms with Crippen LogP contribution in [0.25, 0.3) is 11.0 Å². The fraction of sp³-hybridized carbons (Fsp3) is 0.615. The van der Waals surface area contributed by atoms with Gasteiger partial charge < -0.3 is 9.64 Å². The molecule has 1 saturated heterocycles. The molecule has 1 N–H and O–H groups in total. The lowest BCUT2D eigenvalue weighted by molar-refractivity contribution is -0.107. The van der Waals surface area contributed by atoms with Crippen LogP contribution in [-0.4, -0.2) is 45.5 Å². The van der Waals surface area contributed by atoms with Gasteiger partial charge in [0.25, 0.3) is 0 Å². The summed E-state index contributed by atoms with van der Waals surface area (Å²) in [7, 11) is 0. The van der Waals surface area contributed by atoms with Gasteiger partial charge in [-0.2, -0.15) is 5.10 Å². The van der Waals surface area contributed by atoms with E-state index in [4.69, 9.17) is 4.74 Å². The largest absolute Gasteiger partial charge is 0.371 e. The number of morpholine rings is 1. The van der Waals surface area contributed by atoms with Crippen molar-refractivity contribution >= 4 is 17.0 Å². The van der Waals surface area contributed by atoms with Gasteiger partial charge in [-0.25, -0.2) is 9.97 Å². The standard InChI is InChI=1S/C13H17N5O/c1-9-11-10(17-16-9)7-14-12(15-11)18-5-6-19-13(8-18)3-2-4-13/h7H,2-6,8H2,1H3,(H,16,17). The summed E-state index contributed by atoms with van der Waals surface area (Å²) in [6, 6.07) is 0. The van der Waals surface area contributed by atoms with Gasteiger partial charge in [0.05, 0.1) is 24.1 Å². The van der Waals surface area contributed by atoms with Crippen LogP contribution in [0.5, 0.6) is 0 Å². The zero-order valence-corrected chi connectivity index (χ0v) is 11.0. The molecule has 1 aliphatic carbocycles. The minimum atomic E-state index is 0.0714. The second-order valence-electron chi connectivity index (χ2n) is 5.55. The van der Waals surface area contributed by atoms with Crippen LogP contribution in [0.4, 0.5) is 5.95 Å². The first-order chi connectivity index (χ1) is 9.26. The van der Waals surface area contributed by atoms with E-state index in [1.54, 1.807) is 0 Å². The molecule has 3 heterocycles. The van der Waals surface area contributed by atoms with E-state index in [9.17, 15) is 0 Å². The van der Waals surface area contributed by atoms with E-state index in [0.717, 1.165) is 55.2 Å². The third-order valence-corrected chi connectivity index (χ3v) is 4.26. The molecule has 19 heavy (non-hydrogen) atoms. The van der Waals surface area contributed by atoms with E-state index in [2.05, 4.69) is 25.1 Å². The van der Waals surface area contributed by atoms with Gasteiger partial charge in [0.2, 0.25) is 5.95 Å². The fourth-order valence-corrected chi connectivity index (χ4v) is 2.97. The first kappa shape index (κ1) is 11.2. The Hall–Kier alpha value is -1.69. The Morgan fingerprint density at radius 1 is 1.42 bits per heavy atom. The van der Waals surface area contributed by atoms with Crippen molar-refractivity contribution in [1.29, 1.82) is 0 Å². The number of aromatic nitrogens is 4. The van der Waals surface area contributed by atoms with Crippen LogP contribution in [-0.2, 0) is 4.74 Å². The van der Waals surface area contributed by atoms with Gasteiger partial charge in [0, 0.05) is 13.1 Å². The maximum atomic E-state index is 5.93. The Balaban J connectivity index is 1.67. The van der Waals surface area contributed by atoms with Crippen LogP contribution < -0.4 is 4.90 Å². The maximum absolute atomic E-state index is 5.93. The monoisotopic (exact) mass is 259 g/mol. The third-order valence-electron chi connectivity index (χ3n) is 4.26. The summed E-state index contributed by atoms with van der Waals surface area (Å²) in [5.74, 6) is 0.798. The number of hydrogen-bond acceptors (Lipinski definition) is 5. The zero-order chi connectivity index (χ0) is 12.9. The minimum absolute atomic E-state index is 0.0714. The molecule has 6 nitrogen and oxygen atoms in total. The molecule has 2 aromatic rings. The van der Waals surface area contributed by atoms with Crippen LogP contribution >= 0.6 is 0 Å². The number of anilines is 1. The fourth-order valence-electron chi connectivity index (χ4n) is 2.97. The number of ether oxygens (including phenoxy) is 1. The molecule has 4 rings (SSSR count). The van der Waals surface area contributed by atoms with E-state index in [0.29, 0.717) is 0 Å². The third kappa shape index (κ3) is 1.70. The van der Waals surface area contributed by atoms with Crippen molar-refractivity contribution in [3.63, 3.8) is 0 Å². The summed E-state index contributed by atoms with van der Waals surface area (Å²) in [6.07, 6.45) is 5.42. The van der Waals surface area contributed by atoms with Crippen LogP contribution in [0.15, 0.2) is 6.20 Å². The molecular formula is C13H17N5O. The number of nitrogens with zero attached hydrogens (tertiary/aromatic N) is 4. The van der Waals surface area contributed by atoms with Crippen LogP contribution in [0.2, 0.25) is 0 Å². The Labute approximate surface area is 111 Å². The summed E-state index contributed by atoms with van der Waals surface area (Å²) in [6.45, 7) is 4.51. The molecule has 1 aliphatic heterocycles. The first-order valence-corrected chi connectivity index (χ1v) is 6.82. The molecule has 1 saturated carbocycles. The number of rotatable bonds is 1. The van der Waals surface area contributed by atoms with Crippen molar-refractivity contribution < 1.29 is 4.74 Å². The van der Waals surface area contributed by atoms with E-state index in [1.807, 2.05) is 13.1 Å². The van der Waals surface area contributed by atoms with Crippen LogP contribution in [0.3, 0.4) is 0 Å². The zero-order valence-electron chi connectivity index (χ0n) is 11.0. The SMILES string of the molecule is Cc1n[nH]c2cnc(N3CCOC4(CCC4)C3)nc12. The molecule has 6 heteroatoms. The normalized spacial score (nSPS) is 21.8. The van der Waals surface area contributed by atoms with Gasteiger partial charge in [-0.1, -0.05) is 0 Å². The van der Waals surface area contributed by atoms with Crippen LogP contribution in [0.1, 0.15) is 25.0 Å². The molecule has 0 aromatic carbocycles. The van der Waals surface area contributed by atoms with Gasteiger partial charge in [-0.15, -0.1) is 0 Å². The van der Waals surface area contributed by atoms with Crippen molar-refractivity contribution in [2.75, 3.05) is 24.6 Å². The topological polar surface area (TPSA) is 66.9 Å². The number of aryl methyl sites for hydroxylation is 1. The molecule has 100 valence electrons. The molecule has 0 bridgehead atoms. The summed E-state index contributed by atoms with van der Waals surface area (Å²) >= 11 is 0. The van der Waals surface area contributed by atoms with Gasteiger partial charge in [0.1, 0.15) is 11.0 Å². The van der Waals surface area contributed by atoms with Crippen LogP contribution in [0, 0.1) is 6.92 Å². The molecule has 0 amide bonds. The highest BCUT2D eigenvalue weighted by molar-refractivity contribution is 5.76. The van der Waals surface area contributed by atoms with E-state index >= 15 is 0 Å². The highest BCUT2D eigenvalue weighted by Gasteiger charge is 2.42. The van der Waals surface area contributed by atoms with Crippen molar-refractivity contribution in [2.45, 2.75) is 31.8 Å². The predicted molar refractivity (Wildman–Crippen MR) is 71.2 cm³/mol. The average Bonchev–Trinajstić information content (AvgIpc) is 2.78.